The molecule has 1 aromatic carbocycles. The highest BCUT2D eigenvalue weighted by Crippen LogP contribution is 2.33. The molecule has 0 saturated carbocycles. The van der Waals surface area contributed by atoms with Gasteiger partial charge in [-0.2, -0.15) is 0 Å². The van der Waals surface area contributed by atoms with Gasteiger partial charge in [0.15, 0.2) is 0 Å². The molecule has 26 heavy (non-hydrogen) atoms. The van der Waals surface area contributed by atoms with Crippen LogP contribution in [0.5, 0.6) is 0 Å². The Morgan fingerprint density at radius 2 is 1.77 bits per heavy atom. The summed E-state index contributed by atoms with van der Waals surface area (Å²) in [6.07, 6.45) is 6.18. The normalized spacial score (nSPS) is 15.3. The maximum absolute atomic E-state index is 13.0. The summed E-state index contributed by atoms with van der Waals surface area (Å²) in [5, 5.41) is 0. The van der Waals surface area contributed by atoms with Crippen molar-refractivity contribution in [3.8, 4) is 0 Å². The van der Waals surface area contributed by atoms with E-state index < -0.39 is 16.0 Å². The number of esters is 1. The summed E-state index contributed by atoms with van der Waals surface area (Å²) >= 11 is 0. The van der Waals surface area contributed by atoms with Crippen LogP contribution in [0.2, 0.25) is 0 Å². The zero-order chi connectivity index (χ0) is 19.0. The van der Waals surface area contributed by atoms with Crippen LogP contribution in [0.25, 0.3) is 0 Å². The molecular formula is C19H28N2O4S. The summed E-state index contributed by atoms with van der Waals surface area (Å²) in [6, 6.07) is 6.64. The maximum Gasteiger partial charge on any atom is 0.313 e. The lowest BCUT2D eigenvalue weighted by atomic mass is 10.1. The highest BCUT2D eigenvalue weighted by Gasteiger charge is 2.34. The first kappa shape index (κ1) is 20.4. The summed E-state index contributed by atoms with van der Waals surface area (Å²) < 4.78 is 32.3. The zero-order valence-corrected chi connectivity index (χ0v) is 16.4. The molecule has 2 rings (SSSR count). The predicted molar refractivity (Wildman–Crippen MR) is 102 cm³/mol. The van der Waals surface area contributed by atoms with Crippen LogP contribution < -0.4 is 0 Å². The quantitative estimate of drug-likeness (QED) is 0.453. The van der Waals surface area contributed by atoms with Crippen molar-refractivity contribution in [1.82, 2.24) is 4.31 Å². The largest absolute Gasteiger partial charge is 0.466 e. The van der Waals surface area contributed by atoms with Crippen molar-refractivity contribution < 1.29 is 17.9 Å². The molecule has 1 aliphatic heterocycles. The number of unbranched alkanes of at least 4 members (excludes halogenated alkanes) is 5. The number of ether oxygens (including phenoxy) is 1. The molecule has 0 amide bonds. The van der Waals surface area contributed by atoms with E-state index >= 15 is 0 Å². The lowest BCUT2D eigenvalue weighted by Crippen LogP contribution is -2.41. The van der Waals surface area contributed by atoms with Crippen LogP contribution in [0.4, 0.5) is 5.69 Å². The van der Waals surface area contributed by atoms with Gasteiger partial charge in [-0.1, -0.05) is 51.2 Å². The van der Waals surface area contributed by atoms with Crippen molar-refractivity contribution in [2.24, 2.45) is 4.99 Å². The molecular weight excluding hydrogens is 352 g/mol. The van der Waals surface area contributed by atoms with Crippen molar-refractivity contribution in [2.75, 3.05) is 13.2 Å². The van der Waals surface area contributed by atoms with Crippen LogP contribution in [0.1, 0.15) is 58.8 Å². The average molecular weight is 381 g/mol. The van der Waals surface area contributed by atoms with Gasteiger partial charge in [0, 0.05) is 6.54 Å². The van der Waals surface area contributed by atoms with E-state index in [2.05, 4.69) is 11.9 Å². The first-order valence-electron chi connectivity index (χ1n) is 9.35. The van der Waals surface area contributed by atoms with Crippen LogP contribution in [-0.4, -0.2) is 37.7 Å². The van der Waals surface area contributed by atoms with Crippen molar-refractivity contribution >= 4 is 27.5 Å². The van der Waals surface area contributed by atoms with E-state index in [1.54, 1.807) is 31.2 Å². The van der Waals surface area contributed by atoms with Crippen LogP contribution in [0.15, 0.2) is 34.2 Å². The van der Waals surface area contributed by atoms with E-state index in [1.807, 2.05) is 0 Å². The fourth-order valence-electron chi connectivity index (χ4n) is 2.97. The van der Waals surface area contributed by atoms with E-state index in [4.69, 9.17) is 4.74 Å². The SMILES string of the molecule is CCCCCCCCN1C(CC(=O)OCC)=Nc2ccccc2S1(=O)=O. The monoisotopic (exact) mass is 380 g/mol. The van der Waals surface area contributed by atoms with Crippen LogP contribution in [0, 0.1) is 0 Å². The summed E-state index contributed by atoms with van der Waals surface area (Å²) in [5.41, 5.74) is 0.381. The molecule has 0 saturated heterocycles. The van der Waals surface area contributed by atoms with Gasteiger partial charge >= 0.3 is 5.97 Å². The van der Waals surface area contributed by atoms with Gasteiger partial charge in [0.1, 0.15) is 17.2 Å². The van der Waals surface area contributed by atoms with Gasteiger partial charge < -0.3 is 4.74 Å². The van der Waals surface area contributed by atoms with Gasteiger partial charge in [-0.25, -0.2) is 13.4 Å². The second kappa shape index (κ2) is 9.71. The lowest BCUT2D eigenvalue weighted by Gasteiger charge is -2.29. The maximum atomic E-state index is 13.0. The Hall–Kier alpha value is -1.89. The van der Waals surface area contributed by atoms with Crippen molar-refractivity contribution in [1.29, 1.82) is 0 Å². The van der Waals surface area contributed by atoms with E-state index in [1.165, 1.54) is 17.1 Å². The molecule has 0 aromatic heterocycles. The Morgan fingerprint density at radius 1 is 1.08 bits per heavy atom. The highest BCUT2D eigenvalue weighted by molar-refractivity contribution is 7.90. The van der Waals surface area contributed by atoms with E-state index in [0.717, 1.165) is 25.7 Å². The van der Waals surface area contributed by atoms with Crippen LogP contribution >= 0.6 is 0 Å². The minimum atomic E-state index is -3.70. The minimum Gasteiger partial charge on any atom is -0.466 e. The molecule has 6 nitrogen and oxygen atoms in total. The molecule has 0 fully saturated rings. The first-order valence-corrected chi connectivity index (χ1v) is 10.8. The smallest absolute Gasteiger partial charge is 0.313 e. The molecule has 0 bridgehead atoms. The second-order valence-corrected chi connectivity index (χ2v) is 8.15. The third-order valence-corrected chi connectivity index (χ3v) is 6.17. The second-order valence-electron chi connectivity index (χ2n) is 6.32. The number of aliphatic imine (C=N–C) groups is 1. The minimum absolute atomic E-state index is 0.142. The third kappa shape index (κ3) is 5.06. The predicted octanol–water partition coefficient (Wildman–Crippen LogP) is 4.03. The van der Waals surface area contributed by atoms with Gasteiger partial charge in [0.05, 0.1) is 12.3 Å². The number of rotatable bonds is 10. The molecule has 0 N–H and O–H groups in total. The van der Waals surface area contributed by atoms with Gasteiger partial charge in [-0.15, -0.1) is 0 Å². The first-order chi connectivity index (χ1) is 12.5. The molecule has 1 heterocycles. The Balaban J connectivity index is 2.17. The Labute approximate surface area is 156 Å². The number of para-hydroxylation sites is 1. The third-order valence-electron chi connectivity index (χ3n) is 4.29. The summed E-state index contributed by atoms with van der Waals surface area (Å²) in [7, 11) is -3.70. The standard InChI is InChI=1S/C19H28N2O4S/c1-3-5-6-7-8-11-14-21-18(15-19(22)25-4-2)20-16-12-9-10-13-17(16)26(21,23)24/h9-10,12-13H,3-8,11,14-15H2,1-2H3. The van der Waals surface area contributed by atoms with Crippen molar-refractivity contribution in [2.45, 2.75) is 63.7 Å². The molecule has 0 spiro atoms. The number of amidine groups is 1. The van der Waals surface area contributed by atoms with Gasteiger partial charge in [0.25, 0.3) is 10.0 Å². The molecule has 0 aliphatic carbocycles. The lowest BCUT2D eigenvalue weighted by molar-refractivity contribution is -0.141. The van der Waals surface area contributed by atoms with E-state index in [9.17, 15) is 13.2 Å². The number of hydrogen-bond acceptors (Lipinski definition) is 5. The summed E-state index contributed by atoms with van der Waals surface area (Å²) in [4.78, 5) is 16.5. The number of sulfonamides is 1. The topological polar surface area (TPSA) is 76.0 Å². The highest BCUT2D eigenvalue weighted by atomic mass is 32.2. The number of benzene rings is 1. The summed E-state index contributed by atoms with van der Waals surface area (Å²) in [5.74, 6) is -0.218. The molecule has 0 radical (unpaired) electrons. The summed E-state index contributed by atoms with van der Waals surface area (Å²) in [6.45, 7) is 4.48. The van der Waals surface area contributed by atoms with E-state index in [0.29, 0.717) is 12.2 Å². The Morgan fingerprint density at radius 3 is 2.50 bits per heavy atom. The van der Waals surface area contributed by atoms with Crippen LogP contribution in [-0.2, 0) is 19.6 Å². The molecule has 1 aromatic rings. The van der Waals surface area contributed by atoms with E-state index in [-0.39, 0.29) is 23.8 Å². The average Bonchev–Trinajstić information content (AvgIpc) is 2.60. The van der Waals surface area contributed by atoms with Crippen molar-refractivity contribution in [3.05, 3.63) is 24.3 Å². The fourth-order valence-corrected chi connectivity index (χ4v) is 4.59. The molecule has 0 unspecified atom stereocenters. The number of hydrogen-bond donors (Lipinski definition) is 0. The van der Waals surface area contributed by atoms with Crippen molar-refractivity contribution in [3.63, 3.8) is 0 Å². The van der Waals surface area contributed by atoms with Crippen LogP contribution in [0.3, 0.4) is 0 Å². The number of nitrogens with zero attached hydrogens (tertiary/aromatic N) is 2. The van der Waals surface area contributed by atoms with Gasteiger partial charge in [-0.3, -0.25) is 9.10 Å². The number of carbonyl (C=O) groups excluding carboxylic acids is 1. The van der Waals surface area contributed by atoms with Gasteiger partial charge in [0.2, 0.25) is 0 Å². The van der Waals surface area contributed by atoms with Gasteiger partial charge in [-0.05, 0) is 25.5 Å². The molecule has 1 aliphatic rings. The number of carbonyl (C=O) groups is 1. The zero-order valence-electron chi connectivity index (χ0n) is 15.6. The molecule has 144 valence electrons. The number of fused-ring (bicyclic) bond motifs is 1. The molecule has 0 atom stereocenters. The Kier molecular flexibility index (Phi) is 7.63. The Bertz CT molecular complexity index is 744. The molecule has 7 heteroatoms. The fraction of sp³-hybridized carbons (Fsp3) is 0.579.